The highest BCUT2D eigenvalue weighted by molar-refractivity contribution is 5.18. The first-order valence-corrected chi connectivity index (χ1v) is 10.7. The zero-order chi connectivity index (χ0) is 20.5. The maximum Gasteiger partial charge on any atom is 0.213 e. The first-order chi connectivity index (χ1) is 14.7. The van der Waals surface area contributed by atoms with Gasteiger partial charge in [0.15, 0.2) is 0 Å². The van der Waals surface area contributed by atoms with E-state index in [1.807, 2.05) is 36.5 Å². The average molecular weight is 407 g/mol. The molecule has 2 aromatic heterocycles. The molecule has 3 heterocycles. The third-order valence-electron chi connectivity index (χ3n) is 6.49. The van der Waals surface area contributed by atoms with E-state index < -0.39 is 0 Å². The summed E-state index contributed by atoms with van der Waals surface area (Å²) in [5, 5.41) is 4.60. The molecule has 0 N–H and O–H groups in total. The van der Waals surface area contributed by atoms with Crippen molar-refractivity contribution >= 4 is 0 Å². The number of ether oxygens (including phenoxy) is 1. The van der Waals surface area contributed by atoms with Gasteiger partial charge in [-0.2, -0.15) is 5.10 Å². The first kappa shape index (κ1) is 19.2. The van der Waals surface area contributed by atoms with Gasteiger partial charge in [0.05, 0.1) is 12.2 Å². The minimum atomic E-state index is -0.117. The van der Waals surface area contributed by atoms with Crippen LogP contribution in [0.25, 0.3) is 0 Å². The van der Waals surface area contributed by atoms with Crippen molar-refractivity contribution in [3.8, 4) is 5.88 Å². The summed E-state index contributed by atoms with van der Waals surface area (Å²) in [6, 6.07) is 13.0. The maximum absolute atomic E-state index is 14.1. The van der Waals surface area contributed by atoms with Crippen molar-refractivity contribution < 1.29 is 9.13 Å². The number of aryl methyl sites for hydroxylation is 1. The summed E-state index contributed by atoms with van der Waals surface area (Å²) in [6.45, 7) is 4.70. The number of benzene rings is 1. The molecule has 1 saturated carbocycles. The molecule has 2 aliphatic rings. The highest BCUT2D eigenvalue weighted by Gasteiger charge is 2.44. The summed E-state index contributed by atoms with van der Waals surface area (Å²) in [6.07, 6.45) is 7.76. The van der Waals surface area contributed by atoms with Crippen molar-refractivity contribution in [1.82, 2.24) is 19.7 Å². The van der Waals surface area contributed by atoms with Crippen molar-refractivity contribution in [2.24, 2.45) is 11.8 Å². The van der Waals surface area contributed by atoms with E-state index in [1.165, 1.54) is 0 Å². The van der Waals surface area contributed by atoms with Crippen LogP contribution in [-0.4, -0.2) is 38.9 Å². The van der Waals surface area contributed by atoms with Gasteiger partial charge in [-0.15, -0.1) is 0 Å². The summed E-state index contributed by atoms with van der Waals surface area (Å²) >= 11 is 0. The van der Waals surface area contributed by atoms with Crippen molar-refractivity contribution in [3.05, 3.63) is 78.0 Å². The lowest BCUT2D eigenvalue weighted by molar-refractivity contribution is 0.0459. The molecule has 0 bridgehead atoms. The molecule has 4 atom stereocenters. The van der Waals surface area contributed by atoms with Crippen LogP contribution in [0.15, 0.2) is 61.1 Å². The third-order valence-corrected chi connectivity index (χ3v) is 6.49. The van der Waals surface area contributed by atoms with Crippen LogP contribution in [0.4, 0.5) is 4.39 Å². The zero-order valence-electron chi connectivity index (χ0n) is 17.2. The molecule has 3 aromatic rings. The van der Waals surface area contributed by atoms with Gasteiger partial charge in [0.1, 0.15) is 11.9 Å². The van der Waals surface area contributed by atoms with Crippen LogP contribution in [0.1, 0.15) is 30.0 Å². The molecule has 0 spiro atoms. The summed E-state index contributed by atoms with van der Waals surface area (Å²) in [4.78, 5) is 6.76. The third kappa shape index (κ3) is 3.97. The Morgan fingerprint density at radius 3 is 2.60 bits per heavy atom. The summed E-state index contributed by atoms with van der Waals surface area (Å²) in [5.41, 5.74) is 1.93. The van der Waals surface area contributed by atoms with Crippen LogP contribution in [0.3, 0.4) is 0 Å². The predicted octanol–water partition coefficient (Wildman–Crippen LogP) is 4.26. The van der Waals surface area contributed by atoms with Crippen LogP contribution in [0, 0.1) is 24.6 Å². The molecule has 0 unspecified atom stereocenters. The molecular weight excluding hydrogens is 379 g/mol. The Morgan fingerprint density at radius 1 is 1.07 bits per heavy atom. The molecule has 0 amide bonds. The fourth-order valence-corrected chi connectivity index (χ4v) is 5.08. The second kappa shape index (κ2) is 8.19. The Bertz CT molecular complexity index is 992. The topological polar surface area (TPSA) is 43.2 Å². The number of nitrogens with zero attached hydrogens (tertiary/aromatic N) is 4. The largest absolute Gasteiger partial charge is 0.472 e. The van der Waals surface area contributed by atoms with Crippen LogP contribution < -0.4 is 4.74 Å². The summed E-state index contributed by atoms with van der Waals surface area (Å²) < 4.78 is 22.6. The molecule has 1 aromatic carbocycles. The summed E-state index contributed by atoms with van der Waals surface area (Å²) in [7, 11) is 0. The Balaban J connectivity index is 1.34. The molecule has 30 heavy (non-hydrogen) atoms. The molecule has 0 radical (unpaired) electrons. The van der Waals surface area contributed by atoms with Crippen LogP contribution in [-0.2, 0) is 6.54 Å². The van der Waals surface area contributed by atoms with Gasteiger partial charge in [0, 0.05) is 43.7 Å². The maximum atomic E-state index is 14.1. The summed E-state index contributed by atoms with van der Waals surface area (Å²) in [5.74, 6) is 1.65. The fourth-order valence-electron chi connectivity index (χ4n) is 5.08. The minimum Gasteiger partial charge on any atom is -0.472 e. The van der Waals surface area contributed by atoms with Gasteiger partial charge in [0.2, 0.25) is 5.88 Å². The van der Waals surface area contributed by atoms with Crippen molar-refractivity contribution in [2.45, 2.75) is 38.5 Å². The lowest BCUT2D eigenvalue weighted by Crippen LogP contribution is -2.40. The Labute approximate surface area is 176 Å². The SMILES string of the molecule is Cc1cnn([C@H]2C[C@H]3CN(Cc4ccccc4F)C[C@H]3C[C@@H]2Oc2ccccn2)c1. The van der Waals surface area contributed by atoms with Crippen LogP contribution in [0.5, 0.6) is 5.88 Å². The number of halogens is 1. The van der Waals surface area contributed by atoms with Gasteiger partial charge in [-0.1, -0.05) is 24.3 Å². The number of hydrogen-bond donors (Lipinski definition) is 0. The van der Waals surface area contributed by atoms with E-state index in [4.69, 9.17) is 4.74 Å². The van der Waals surface area contributed by atoms with E-state index in [-0.39, 0.29) is 18.0 Å². The zero-order valence-corrected chi connectivity index (χ0v) is 17.2. The van der Waals surface area contributed by atoms with E-state index in [1.54, 1.807) is 18.3 Å². The Kier molecular flexibility index (Phi) is 5.25. The number of fused-ring (bicyclic) bond motifs is 1. The van der Waals surface area contributed by atoms with E-state index in [2.05, 4.69) is 32.8 Å². The monoisotopic (exact) mass is 406 g/mol. The molecule has 1 saturated heterocycles. The molecule has 6 heteroatoms. The number of rotatable bonds is 5. The average Bonchev–Trinajstić information content (AvgIpc) is 3.35. The van der Waals surface area contributed by atoms with Crippen molar-refractivity contribution in [3.63, 3.8) is 0 Å². The van der Waals surface area contributed by atoms with Gasteiger partial charge in [-0.3, -0.25) is 9.58 Å². The second-order valence-corrected chi connectivity index (χ2v) is 8.67. The van der Waals surface area contributed by atoms with Crippen molar-refractivity contribution in [1.29, 1.82) is 0 Å². The van der Waals surface area contributed by atoms with E-state index in [0.29, 0.717) is 24.3 Å². The highest BCUT2D eigenvalue weighted by atomic mass is 19.1. The molecule has 5 nitrogen and oxygen atoms in total. The molecule has 5 rings (SSSR count). The molecule has 2 fully saturated rings. The quantitative estimate of drug-likeness (QED) is 0.635. The number of pyridine rings is 1. The molecular formula is C24H27FN4O. The second-order valence-electron chi connectivity index (χ2n) is 8.67. The normalized spacial score (nSPS) is 26.5. The lowest BCUT2D eigenvalue weighted by Gasteiger charge is -2.37. The van der Waals surface area contributed by atoms with E-state index in [9.17, 15) is 4.39 Å². The van der Waals surface area contributed by atoms with Crippen LogP contribution >= 0.6 is 0 Å². The lowest BCUT2D eigenvalue weighted by atomic mass is 9.77. The van der Waals surface area contributed by atoms with Gasteiger partial charge in [-0.05, 0) is 49.3 Å². The Morgan fingerprint density at radius 2 is 1.87 bits per heavy atom. The van der Waals surface area contributed by atoms with E-state index in [0.717, 1.165) is 37.1 Å². The first-order valence-electron chi connectivity index (χ1n) is 10.7. The van der Waals surface area contributed by atoms with Gasteiger partial charge < -0.3 is 4.74 Å². The smallest absolute Gasteiger partial charge is 0.213 e. The predicted molar refractivity (Wildman–Crippen MR) is 113 cm³/mol. The number of aromatic nitrogens is 3. The van der Waals surface area contributed by atoms with E-state index >= 15 is 0 Å². The van der Waals surface area contributed by atoms with Crippen LogP contribution in [0.2, 0.25) is 0 Å². The van der Waals surface area contributed by atoms with Gasteiger partial charge in [-0.25, -0.2) is 9.37 Å². The molecule has 1 aliphatic carbocycles. The van der Waals surface area contributed by atoms with Gasteiger partial charge >= 0.3 is 0 Å². The standard InChI is InChI=1S/C24H27FN4O/c1-17-12-27-29(13-17)22-10-19-15-28(14-18-6-2-3-7-21(18)25)16-20(19)11-23(22)30-24-8-4-5-9-26-24/h2-9,12-13,19-20,22-23H,10-11,14-16H2,1H3/t19-,20+,22-,23-/m0/s1. The number of hydrogen-bond acceptors (Lipinski definition) is 4. The van der Waals surface area contributed by atoms with Gasteiger partial charge in [0.25, 0.3) is 0 Å². The molecule has 1 aliphatic heterocycles. The Hall–Kier alpha value is -2.73. The number of likely N-dealkylation sites (tertiary alicyclic amines) is 1. The molecule has 156 valence electrons. The fraction of sp³-hybridized carbons (Fsp3) is 0.417. The minimum absolute atomic E-state index is 0.0221. The van der Waals surface area contributed by atoms with Crippen molar-refractivity contribution in [2.75, 3.05) is 13.1 Å². The highest BCUT2D eigenvalue weighted by Crippen LogP contribution is 2.43.